The van der Waals surface area contributed by atoms with Crippen LogP contribution in [0.25, 0.3) is 0 Å². The lowest BCUT2D eigenvalue weighted by molar-refractivity contribution is 0.322. The van der Waals surface area contributed by atoms with E-state index in [1.165, 1.54) is 30.5 Å². The Hall–Kier alpha value is -1.56. The van der Waals surface area contributed by atoms with Crippen LogP contribution in [0.4, 0.5) is 5.82 Å². The van der Waals surface area contributed by atoms with E-state index in [4.69, 9.17) is 4.98 Å². The first-order valence-corrected chi connectivity index (χ1v) is 7.87. The number of piperidine rings is 1. The lowest BCUT2D eigenvalue weighted by atomic mass is 9.88. The van der Waals surface area contributed by atoms with Gasteiger partial charge in [-0.2, -0.15) is 5.26 Å². The summed E-state index contributed by atoms with van der Waals surface area (Å²) >= 11 is 0. The molecule has 0 saturated carbocycles. The zero-order valence-electron chi connectivity index (χ0n) is 12.5. The van der Waals surface area contributed by atoms with Gasteiger partial charge in [-0.25, -0.2) is 4.98 Å². The highest BCUT2D eigenvalue weighted by atomic mass is 15.2. The molecular weight excluding hydrogens is 246 g/mol. The van der Waals surface area contributed by atoms with Crippen molar-refractivity contribution in [1.29, 1.82) is 5.26 Å². The molecule has 1 aliphatic carbocycles. The van der Waals surface area contributed by atoms with Crippen LogP contribution in [0.15, 0.2) is 6.07 Å². The minimum Gasteiger partial charge on any atom is -0.355 e. The van der Waals surface area contributed by atoms with Crippen LogP contribution in [0.5, 0.6) is 0 Å². The summed E-state index contributed by atoms with van der Waals surface area (Å²) in [6.07, 6.45) is 5.83. The molecule has 3 rings (SSSR count). The molecule has 2 unspecified atom stereocenters. The molecule has 0 amide bonds. The fourth-order valence-corrected chi connectivity index (χ4v) is 3.40. The number of pyridine rings is 1. The first-order valence-electron chi connectivity index (χ1n) is 7.87. The Morgan fingerprint density at radius 3 is 2.80 bits per heavy atom. The van der Waals surface area contributed by atoms with E-state index >= 15 is 0 Å². The molecule has 0 bridgehead atoms. The minimum atomic E-state index is 0.674. The summed E-state index contributed by atoms with van der Waals surface area (Å²) in [5, 5.41) is 9.45. The number of hydrogen-bond acceptors (Lipinski definition) is 3. The molecule has 0 spiro atoms. The monoisotopic (exact) mass is 269 g/mol. The highest BCUT2D eigenvalue weighted by molar-refractivity contribution is 5.56. The minimum absolute atomic E-state index is 0.674. The van der Waals surface area contributed by atoms with Gasteiger partial charge in [-0.1, -0.05) is 13.8 Å². The Balaban J connectivity index is 1.94. The molecule has 1 aromatic heterocycles. The maximum Gasteiger partial charge on any atom is 0.146 e. The van der Waals surface area contributed by atoms with E-state index in [-0.39, 0.29) is 0 Å². The average Bonchev–Trinajstić information content (AvgIpc) is 2.48. The van der Waals surface area contributed by atoms with Gasteiger partial charge in [0, 0.05) is 18.8 Å². The zero-order valence-corrected chi connectivity index (χ0v) is 12.5. The molecule has 106 valence electrons. The standard InChI is InChI=1S/C17H23N3/c1-12-7-8-20(11-13(12)2)17-15(10-18)9-14-5-3-4-6-16(14)19-17/h9,12-13H,3-8,11H2,1-2H3. The SMILES string of the molecule is CC1CCN(c2nc3c(cc2C#N)CCCC3)CC1C. The first-order chi connectivity index (χ1) is 9.69. The second-order valence-electron chi connectivity index (χ2n) is 6.47. The summed E-state index contributed by atoms with van der Waals surface area (Å²) in [7, 11) is 0. The Kier molecular flexibility index (Phi) is 3.65. The highest BCUT2D eigenvalue weighted by Gasteiger charge is 2.26. The van der Waals surface area contributed by atoms with Crippen LogP contribution in [-0.2, 0) is 12.8 Å². The van der Waals surface area contributed by atoms with Crippen LogP contribution in [0.2, 0.25) is 0 Å². The van der Waals surface area contributed by atoms with Crippen molar-refractivity contribution < 1.29 is 0 Å². The van der Waals surface area contributed by atoms with Crippen molar-refractivity contribution in [2.75, 3.05) is 18.0 Å². The summed E-state index contributed by atoms with van der Waals surface area (Å²) in [6, 6.07) is 4.46. The van der Waals surface area contributed by atoms with Crippen LogP contribution in [0.3, 0.4) is 0 Å². The van der Waals surface area contributed by atoms with Crippen LogP contribution in [0, 0.1) is 23.2 Å². The molecule has 0 N–H and O–H groups in total. The van der Waals surface area contributed by atoms with E-state index in [1.807, 2.05) is 0 Å². The largest absolute Gasteiger partial charge is 0.355 e. The Morgan fingerprint density at radius 1 is 1.25 bits per heavy atom. The van der Waals surface area contributed by atoms with Crippen molar-refractivity contribution in [3.63, 3.8) is 0 Å². The number of anilines is 1. The van der Waals surface area contributed by atoms with E-state index in [0.717, 1.165) is 43.2 Å². The van der Waals surface area contributed by atoms with Gasteiger partial charge in [-0.05, 0) is 55.6 Å². The summed E-state index contributed by atoms with van der Waals surface area (Å²) in [5.74, 6) is 2.38. The van der Waals surface area contributed by atoms with Gasteiger partial charge in [0.25, 0.3) is 0 Å². The number of rotatable bonds is 1. The lowest BCUT2D eigenvalue weighted by Crippen LogP contribution is -2.39. The molecule has 1 saturated heterocycles. The summed E-state index contributed by atoms with van der Waals surface area (Å²) in [5.41, 5.74) is 3.30. The molecule has 20 heavy (non-hydrogen) atoms. The van der Waals surface area contributed by atoms with E-state index in [1.54, 1.807) is 0 Å². The van der Waals surface area contributed by atoms with Gasteiger partial charge in [0.05, 0.1) is 5.56 Å². The first kappa shape index (κ1) is 13.4. The molecule has 0 aromatic carbocycles. The third kappa shape index (κ3) is 2.40. The number of aromatic nitrogens is 1. The normalized spacial score (nSPS) is 25.9. The van der Waals surface area contributed by atoms with E-state index in [0.29, 0.717) is 5.92 Å². The van der Waals surface area contributed by atoms with E-state index < -0.39 is 0 Å². The number of hydrogen-bond donors (Lipinski definition) is 0. The Morgan fingerprint density at radius 2 is 2.05 bits per heavy atom. The number of aryl methyl sites for hydroxylation is 2. The highest BCUT2D eigenvalue weighted by Crippen LogP contribution is 2.30. The third-order valence-corrected chi connectivity index (χ3v) is 5.03. The number of nitrogens with zero attached hydrogens (tertiary/aromatic N) is 3. The van der Waals surface area contributed by atoms with Gasteiger partial charge in [0.15, 0.2) is 0 Å². The Bertz CT molecular complexity index is 544. The molecule has 0 radical (unpaired) electrons. The third-order valence-electron chi connectivity index (χ3n) is 5.03. The number of nitriles is 1. The van der Waals surface area contributed by atoms with E-state index in [2.05, 4.69) is 30.9 Å². The summed E-state index contributed by atoms with van der Waals surface area (Å²) in [6.45, 7) is 6.70. The van der Waals surface area contributed by atoms with Gasteiger partial charge >= 0.3 is 0 Å². The molecular formula is C17H23N3. The topological polar surface area (TPSA) is 39.9 Å². The number of fused-ring (bicyclic) bond motifs is 1. The van der Waals surface area contributed by atoms with E-state index in [9.17, 15) is 5.26 Å². The molecule has 3 heteroatoms. The van der Waals surface area contributed by atoms with Gasteiger partial charge < -0.3 is 4.90 Å². The predicted octanol–water partition coefficient (Wildman–Crippen LogP) is 3.31. The van der Waals surface area contributed by atoms with Crippen LogP contribution in [0.1, 0.15) is 49.9 Å². The van der Waals surface area contributed by atoms with Crippen LogP contribution >= 0.6 is 0 Å². The molecule has 1 fully saturated rings. The maximum atomic E-state index is 9.45. The summed E-state index contributed by atoms with van der Waals surface area (Å²) in [4.78, 5) is 7.20. The fourth-order valence-electron chi connectivity index (χ4n) is 3.40. The second-order valence-corrected chi connectivity index (χ2v) is 6.47. The summed E-state index contributed by atoms with van der Waals surface area (Å²) < 4.78 is 0. The fraction of sp³-hybridized carbons (Fsp3) is 0.647. The predicted molar refractivity (Wildman–Crippen MR) is 80.8 cm³/mol. The maximum absolute atomic E-state index is 9.45. The quantitative estimate of drug-likeness (QED) is 0.785. The van der Waals surface area contributed by atoms with Crippen LogP contribution < -0.4 is 4.90 Å². The molecule has 2 atom stereocenters. The zero-order chi connectivity index (χ0) is 14.1. The Labute approximate surface area is 121 Å². The average molecular weight is 269 g/mol. The van der Waals surface area contributed by atoms with Crippen molar-refractivity contribution >= 4 is 5.82 Å². The molecule has 1 aromatic rings. The van der Waals surface area contributed by atoms with Crippen molar-refractivity contribution in [2.24, 2.45) is 11.8 Å². The van der Waals surface area contributed by atoms with Gasteiger partial charge in [0.2, 0.25) is 0 Å². The van der Waals surface area contributed by atoms with Crippen LogP contribution in [-0.4, -0.2) is 18.1 Å². The van der Waals surface area contributed by atoms with Gasteiger partial charge in [-0.15, -0.1) is 0 Å². The molecule has 2 aliphatic rings. The second kappa shape index (κ2) is 5.44. The van der Waals surface area contributed by atoms with Gasteiger partial charge in [0.1, 0.15) is 11.9 Å². The molecule has 1 aliphatic heterocycles. The van der Waals surface area contributed by atoms with Crippen molar-refractivity contribution in [1.82, 2.24) is 4.98 Å². The van der Waals surface area contributed by atoms with Crippen molar-refractivity contribution in [3.05, 3.63) is 22.9 Å². The van der Waals surface area contributed by atoms with Crippen molar-refractivity contribution in [2.45, 2.75) is 46.0 Å². The molecule has 3 nitrogen and oxygen atoms in total. The smallest absolute Gasteiger partial charge is 0.146 e. The molecule has 2 heterocycles. The van der Waals surface area contributed by atoms with Crippen molar-refractivity contribution in [3.8, 4) is 6.07 Å². The van der Waals surface area contributed by atoms with Gasteiger partial charge in [-0.3, -0.25) is 0 Å². The lowest BCUT2D eigenvalue weighted by Gasteiger charge is -2.36.